The van der Waals surface area contributed by atoms with Crippen molar-refractivity contribution in [2.24, 2.45) is 5.10 Å². The van der Waals surface area contributed by atoms with Crippen LogP contribution in [0.2, 0.25) is 5.02 Å². The molecule has 0 unspecified atom stereocenters. The second-order valence-corrected chi connectivity index (χ2v) is 8.13. The Hall–Kier alpha value is -2.66. The zero-order chi connectivity index (χ0) is 20.7. The minimum absolute atomic E-state index is 0.0309. The molecule has 0 aromatic heterocycles. The maximum absolute atomic E-state index is 12.2. The first-order valence-corrected chi connectivity index (χ1v) is 9.48. The molecule has 2 aromatic rings. The number of halogens is 1. The minimum atomic E-state index is -0.304. The van der Waals surface area contributed by atoms with Gasteiger partial charge >= 0.3 is 0 Å². The number of benzene rings is 2. The Morgan fingerprint density at radius 2 is 1.61 bits per heavy atom. The Kier molecular flexibility index (Phi) is 7.35. The predicted octanol–water partition coefficient (Wildman–Crippen LogP) is 4.45. The first-order valence-electron chi connectivity index (χ1n) is 9.10. The molecule has 6 heteroatoms. The Morgan fingerprint density at radius 3 is 2.18 bits per heavy atom. The minimum Gasteiger partial charge on any atom is -0.352 e. The van der Waals surface area contributed by atoms with Crippen molar-refractivity contribution in [2.75, 3.05) is 0 Å². The first kappa shape index (κ1) is 21.6. The maximum Gasteiger partial charge on any atom is 0.271 e. The molecule has 0 aliphatic heterocycles. The fraction of sp³-hybridized carbons (Fsp3) is 0.318. The second-order valence-electron chi connectivity index (χ2n) is 7.70. The highest BCUT2D eigenvalue weighted by Crippen LogP contribution is 2.22. The van der Waals surface area contributed by atoms with Crippen LogP contribution in [0.4, 0.5) is 0 Å². The van der Waals surface area contributed by atoms with E-state index >= 15 is 0 Å². The van der Waals surface area contributed by atoms with Crippen molar-refractivity contribution < 1.29 is 9.59 Å². The molecule has 2 aromatic carbocycles. The molecule has 2 amide bonds. The highest BCUT2D eigenvalue weighted by molar-refractivity contribution is 6.30. The van der Waals surface area contributed by atoms with Crippen LogP contribution in [-0.2, 0) is 16.8 Å². The summed E-state index contributed by atoms with van der Waals surface area (Å²) in [6.45, 7) is 8.47. The molecule has 0 bridgehead atoms. The van der Waals surface area contributed by atoms with E-state index in [2.05, 4.69) is 36.6 Å². The summed E-state index contributed by atoms with van der Waals surface area (Å²) >= 11 is 5.84. The SMILES string of the molecule is CC(CC(=O)NCc1ccc(Cl)cc1)=NNC(=O)c1ccc(C(C)(C)C)cc1. The molecule has 28 heavy (non-hydrogen) atoms. The molecule has 0 saturated carbocycles. The van der Waals surface area contributed by atoms with Crippen molar-refractivity contribution in [3.05, 3.63) is 70.2 Å². The van der Waals surface area contributed by atoms with E-state index in [0.29, 0.717) is 22.8 Å². The summed E-state index contributed by atoms with van der Waals surface area (Å²) in [6.07, 6.45) is 0.108. The van der Waals surface area contributed by atoms with E-state index < -0.39 is 0 Å². The zero-order valence-corrected chi connectivity index (χ0v) is 17.4. The average molecular weight is 400 g/mol. The Morgan fingerprint density at radius 1 is 1.00 bits per heavy atom. The standard InChI is InChI=1S/C22H26ClN3O2/c1-15(13-20(27)24-14-16-5-11-19(23)12-6-16)25-26-21(28)17-7-9-18(10-8-17)22(2,3)4/h5-12H,13-14H2,1-4H3,(H,24,27)(H,26,28). The monoisotopic (exact) mass is 399 g/mol. The van der Waals surface area contributed by atoms with E-state index in [1.807, 2.05) is 24.3 Å². The number of carbonyl (C=O) groups is 2. The van der Waals surface area contributed by atoms with Crippen LogP contribution in [0.25, 0.3) is 0 Å². The normalized spacial score (nSPS) is 11.8. The molecule has 0 aliphatic rings. The third-order valence-electron chi connectivity index (χ3n) is 4.18. The van der Waals surface area contributed by atoms with Gasteiger partial charge in [-0.15, -0.1) is 0 Å². The number of hydrogen-bond donors (Lipinski definition) is 2. The Balaban J connectivity index is 1.83. The van der Waals surface area contributed by atoms with Crippen LogP contribution in [0.5, 0.6) is 0 Å². The summed E-state index contributed by atoms with van der Waals surface area (Å²) in [7, 11) is 0. The molecule has 0 atom stereocenters. The summed E-state index contributed by atoms with van der Waals surface area (Å²) in [5.74, 6) is -0.471. The van der Waals surface area contributed by atoms with Crippen molar-refractivity contribution >= 4 is 29.1 Å². The number of hydrogen-bond acceptors (Lipinski definition) is 3. The molecule has 0 aliphatic carbocycles. The molecular formula is C22H26ClN3O2. The molecular weight excluding hydrogens is 374 g/mol. The molecule has 0 saturated heterocycles. The van der Waals surface area contributed by atoms with Gasteiger partial charge in [0.15, 0.2) is 0 Å². The lowest BCUT2D eigenvalue weighted by Gasteiger charge is -2.18. The molecule has 5 nitrogen and oxygen atoms in total. The molecule has 0 radical (unpaired) electrons. The molecule has 148 valence electrons. The van der Waals surface area contributed by atoms with Gasteiger partial charge in [0, 0.05) is 22.8 Å². The number of nitrogens with zero attached hydrogens (tertiary/aromatic N) is 1. The number of carbonyl (C=O) groups excluding carboxylic acids is 2. The highest BCUT2D eigenvalue weighted by atomic mass is 35.5. The summed E-state index contributed by atoms with van der Waals surface area (Å²) < 4.78 is 0. The van der Waals surface area contributed by atoms with Gasteiger partial charge in [-0.1, -0.05) is 56.6 Å². The van der Waals surface area contributed by atoms with Crippen LogP contribution < -0.4 is 10.7 Å². The number of nitrogens with one attached hydrogen (secondary N) is 2. The smallest absolute Gasteiger partial charge is 0.271 e. The van der Waals surface area contributed by atoms with Gasteiger partial charge in [-0.2, -0.15) is 5.10 Å². The fourth-order valence-corrected chi connectivity index (χ4v) is 2.60. The lowest BCUT2D eigenvalue weighted by molar-refractivity contribution is -0.120. The van der Waals surface area contributed by atoms with Crippen LogP contribution in [0, 0.1) is 0 Å². The molecule has 2 rings (SSSR count). The van der Waals surface area contributed by atoms with E-state index in [9.17, 15) is 9.59 Å². The summed E-state index contributed by atoms with van der Waals surface area (Å²) in [4.78, 5) is 24.2. The zero-order valence-electron chi connectivity index (χ0n) is 16.7. The maximum atomic E-state index is 12.2. The van der Waals surface area contributed by atoms with Gasteiger partial charge in [0.2, 0.25) is 5.91 Å². The second kappa shape index (κ2) is 9.51. The van der Waals surface area contributed by atoms with Gasteiger partial charge in [-0.25, -0.2) is 5.43 Å². The van der Waals surface area contributed by atoms with E-state index in [-0.39, 0.29) is 23.7 Å². The first-order chi connectivity index (χ1) is 13.1. The van der Waals surface area contributed by atoms with E-state index in [4.69, 9.17) is 11.6 Å². The van der Waals surface area contributed by atoms with Gasteiger partial charge in [0.1, 0.15) is 0 Å². The summed E-state index contributed by atoms with van der Waals surface area (Å²) in [5.41, 5.74) is 5.69. The van der Waals surface area contributed by atoms with Crippen LogP contribution in [0.1, 0.15) is 55.6 Å². The van der Waals surface area contributed by atoms with Crippen LogP contribution in [0.15, 0.2) is 53.6 Å². The van der Waals surface area contributed by atoms with Gasteiger partial charge in [-0.05, 0) is 47.7 Å². The number of rotatable bonds is 6. The predicted molar refractivity (Wildman–Crippen MR) is 114 cm³/mol. The van der Waals surface area contributed by atoms with Gasteiger partial charge in [0.25, 0.3) is 5.91 Å². The van der Waals surface area contributed by atoms with Crippen molar-refractivity contribution in [1.82, 2.24) is 10.7 Å². The molecule has 2 N–H and O–H groups in total. The van der Waals surface area contributed by atoms with Crippen molar-refractivity contribution in [1.29, 1.82) is 0 Å². The van der Waals surface area contributed by atoms with E-state index in [1.54, 1.807) is 31.2 Å². The number of amides is 2. The Labute approximate surface area is 171 Å². The van der Waals surface area contributed by atoms with E-state index in [1.165, 1.54) is 0 Å². The molecule has 0 heterocycles. The van der Waals surface area contributed by atoms with Gasteiger partial charge < -0.3 is 5.32 Å². The molecule has 0 fully saturated rings. The van der Waals surface area contributed by atoms with Crippen LogP contribution in [0.3, 0.4) is 0 Å². The quantitative estimate of drug-likeness (QED) is 0.556. The average Bonchev–Trinajstić information content (AvgIpc) is 2.65. The summed E-state index contributed by atoms with van der Waals surface area (Å²) in [5, 5.41) is 7.48. The van der Waals surface area contributed by atoms with Crippen LogP contribution in [-0.4, -0.2) is 17.5 Å². The van der Waals surface area contributed by atoms with E-state index in [0.717, 1.165) is 11.1 Å². The lowest BCUT2D eigenvalue weighted by atomic mass is 9.87. The van der Waals surface area contributed by atoms with Crippen LogP contribution >= 0.6 is 11.6 Å². The van der Waals surface area contributed by atoms with Crippen molar-refractivity contribution in [3.63, 3.8) is 0 Å². The third kappa shape index (κ3) is 6.82. The largest absolute Gasteiger partial charge is 0.352 e. The van der Waals surface area contributed by atoms with Gasteiger partial charge in [-0.3, -0.25) is 9.59 Å². The van der Waals surface area contributed by atoms with Crippen molar-refractivity contribution in [3.8, 4) is 0 Å². The number of hydrazone groups is 1. The highest BCUT2D eigenvalue weighted by Gasteiger charge is 2.14. The lowest BCUT2D eigenvalue weighted by Crippen LogP contribution is -2.26. The fourth-order valence-electron chi connectivity index (χ4n) is 2.47. The van der Waals surface area contributed by atoms with Gasteiger partial charge in [0.05, 0.1) is 6.42 Å². The Bertz CT molecular complexity index is 851. The third-order valence-corrected chi connectivity index (χ3v) is 4.43. The summed E-state index contributed by atoms with van der Waals surface area (Å²) in [6, 6.07) is 14.7. The topological polar surface area (TPSA) is 70.6 Å². The van der Waals surface area contributed by atoms with Crippen molar-refractivity contribution in [2.45, 2.75) is 46.1 Å². The molecule has 0 spiro atoms.